The maximum absolute atomic E-state index is 13.1. The Balaban J connectivity index is 2.24. The van der Waals surface area contributed by atoms with E-state index in [9.17, 15) is 4.39 Å². The Morgan fingerprint density at radius 1 is 1.41 bits per heavy atom. The predicted molar refractivity (Wildman–Crippen MR) is 68.5 cm³/mol. The largest absolute Gasteiger partial charge is 0.314 e. The van der Waals surface area contributed by atoms with E-state index >= 15 is 0 Å². The van der Waals surface area contributed by atoms with Crippen LogP contribution in [0.15, 0.2) is 30.9 Å². The first kappa shape index (κ1) is 12.3. The zero-order chi connectivity index (χ0) is 12.3. The molecule has 1 saturated heterocycles. The van der Waals surface area contributed by atoms with Crippen LogP contribution in [0.25, 0.3) is 0 Å². The van der Waals surface area contributed by atoms with E-state index in [1.54, 1.807) is 6.07 Å². The Bertz CT molecular complexity index is 397. The van der Waals surface area contributed by atoms with Gasteiger partial charge in [-0.05, 0) is 30.2 Å². The number of piperazine rings is 1. The highest BCUT2D eigenvalue weighted by Crippen LogP contribution is 2.25. The molecule has 0 amide bonds. The highest BCUT2D eigenvalue weighted by Gasteiger charge is 2.20. The molecule has 1 atom stereocenters. The number of hydrogen-bond donors (Lipinski definition) is 1. The van der Waals surface area contributed by atoms with Gasteiger partial charge >= 0.3 is 0 Å². The van der Waals surface area contributed by atoms with Crippen molar-refractivity contribution in [2.24, 2.45) is 0 Å². The molecule has 3 heteroatoms. The maximum atomic E-state index is 13.1. The molecule has 1 aromatic rings. The van der Waals surface area contributed by atoms with Gasteiger partial charge in [-0.15, -0.1) is 6.58 Å². The van der Waals surface area contributed by atoms with Gasteiger partial charge in [0, 0.05) is 26.2 Å². The monoisotopic (exact) mass is 234 g/mol. The first-order chi connectivity index (χ1) is 8.22. The average Bonchev–Trinajstić information content (AvgIpc) is 2.34. The van der Waals surface area contributed by atoms with Gasteiger partial charge in [0.2, 0.25) is 0 Å². The third-order valence-corrected chi connectivity index (χ3v) is 3.32. The molecule has 0 unspecified atom stereocenters. The standard InChI is InChI=1S/C14H19FN2/c1-3-14(17-8-6-16-7-9-17)13-5-4-12(15)10-11(13)2/h3-5,10,14,16H,1,6-9H2,2H3/t14-/m0/s1. The summed E-state index contributed by atoms with van der Waals surface area (Å²) in [4.78, 5) is 2.38. The van der Waals surface area contributed by atoms with E-state index < -0.39 is 0 Å². The molecule has 1 aromatic carbocycles. The molecular formula is C14H19FN2. The molecule has 1 N–H and O–H groups in total. The Labute approximate surface area is 102 Å². The highest BCUT2D eigenvalue weighted by atomic mass is 19.1. The van der Waals surface area contributed by atoms with Crippen molar-refractivity contribution in [3.8, 4) is 0 Å². The molecule has 2 rings (SSSR count). The number of aryl methyl sites for hydroxylation is 1. The highest BCUT2D eigenvalue weighted by molar-refractivity contribution is 5.32. The first-order valence-electron chi connectivity index (χ1n) is 6.06. The summed E-state index contributed by atoms with van der Waals surface area (Å²) < 4.78 is 13.1. The van der Waals surface area contributed by atoms with E-state index in [4.69, 9.17) is 0 Å². The summed E-state index contributed by atoms with van der Waals surface area (Å²) in [5, 5.41) is 3.33. The summed E-state index contributed by atoms with van der Waals surface area (Å²) >= 11 is 0. The van der Waals surface area contributed by atoms with E-state index in [0.717, 1.165) is 37.3 Å². The Hall–Kier alpha value is -1.19. The molecule has 0 aromatic heterocycles. The van der Waals surface area contributed by atoms with Crippen LogP contribution >= 0.6 is 0 Å². The van der Waals surface area contributed by atoms with Gasteiger partial charge in [-0.2, -0.15) is 0 Å². The molecule has 17 heavy (non-hydrogen) atoms. The first-order valence-corrected chi connectivity index (χ1v) is 6.06. The van der Waals surface area contributed by atoms with Crippen LogP contribution in [0, 0.1) is 12.7 Å². The Kier molecular flexibility index (Phi) is 3.92. The van der Waals surface area contributed by atoms with Gasteiger partial charge in [0.25, 0.3) is 0 Å². The van der Waals surface area contributed by atoms with Gasteiger partial charge in [0.05, 0.1) is 6.04 Å². The van der Waals surface area contributed by atoms with E-state index in [0.29, 0.717) is 0 Å². The fourth-order valence-electron chi connectivity index (χ4n) is 2.40. The van der Waals surface area contributed by atoms with E-state index in [1.165, 1.54) is 6.07 Å². The molecule has 0 radical (unpaired) electrons. The van der Waals surface area contributed by atoms with Crippen molar-refractivity contribution in [2.75, 3.05) is 26.2 Å². The fourth-order valence-corrected chi connectivity index (χ4v) is 2.40. The second kappa shape index (κ2) is 5.43. The molecule has 0 aliphatic carbocycles. The molecule has 0 saturated carbocycles. The molecule has 1 aliphatic heterocycles. The molecule has 92 valence electrons. The van der Waals surface area contributed by atoms with Crippen molar-refractivity contribution in [2.45, 2.75) is 13.0 Å². The van der Waals surface area contributed by atoms with Crippen molar-refractivity contribution in [1.82, 2.24) is 10.2 Å². The zero-order valence-corrected chi connectivity index (χ0v) is 10.2. The fraction of sp³-hybridized carbons (Fsp3) is 0.429. The van der Waals surface area contributed by atoms with Gasteiger partial charge in [-0.25, -0.2) is 4.39 Å². The number of benzene rings is 1. The number of nitrogens with zero attached hydrogens (tertiary/aromatic N) is 1. The van der Waals surface area contributed by atoms with Crippen molar-refractivity contribution >= 4 is 0 Å². The molecule has 1 heterocycles. The van der Waals surface area contributed by atoms with Crippen LogP contribution in [0.5, 0.6) is 0 Å². The maximum Gasteiger partial charge on any atom is 0.123 e. The lowest BCUT2D eigenvalue weighted by Crippen LogP contribution is -2.44. The van der Waals surface area contributed by atoms with Gasteiger partial charge in [0.1, 0.15) is 5.82 Å². The number of nitrogens with one attached hydrogen (secondary N) is 1. The third-order valence-electron chi connectivity index (χ3n) is 3.32. The van der Waals surface area contributed by atoms with Crippen LogP contribution in [0.2, 0.25) is 0 Å². The van der Waals surface area contributed by atoms with Crippen LogP contribution in [-0.4, -0.2) is 31.1 Å². The molecule has 2 nitrogen and oxygen atoms in total. The molecular weight excluding hydrogens is 215 g/mol. The molecule has 0 bridgehead atoms. The minimum atomic E-state index is -0.172. The minimum absolute atomic E-state index is 0.172. The lowest BCUT2D eigenvalue weighted by molar-refractivity contribution is 0.203. The van der Waals surface area contributed by atoms with Crippen LogP contribution in [-0.2, 0) is 0 Å². The minimum Gasteiger partial charge on any atom is -0.314 e. The SMILES string of the molecule is C=C[C@@H](c1ccc(F)cc1C)N1CCNCC1. The molecule has 1 fully saturated rings. The van der Waals surface area contributed by atoms with Crippen LogP contribution in [0.4, 0.5) is 4.39 Å². The quantitative estimate of drug-likeness (QED) is 0.807. The van der Waals surface area contributed by atoms with Gasteiger partial charge in [0.15, 0.2) is 0 Å². The second-order valence-electron chi connectivity index (χ2n) is 4.47. The summed E-state index contributed by atoms with van der Waals surface area (Å²) in [7, 11) is 0. The number of hydrogen-bond acceptors (Lipinski definition) is 2. The van der Waals surface area contributed by atoms with E-state index in [2.05, 4.69) is 16.8 Å². The van der Waals surface area contributed by atoms with Crippen molar-refractivity contribution in [3.63, 3.8) is 0 Å². The lowest BCUT2D eigenvalue weighted by atomic mass is 9.99. The van der Waals surface area contributed by atoms with Crippen LogP contribution in [0.3, 0.4) is 0 Å². The summed E-state index contributed by atoms with van der Waals surface area (Å²) in [6.07, 6.45) is 1.95. The lowest BCUT2D eigenvalue weighted by Gasteiger charge is -2.34. The average molecular weight is 234 g/mol. The van der Waals surface area contributed by atoms with E-state index in [-0.39, 0.29) is 11.9 Å². The summed E-state index contributed by atoms with van der Waals surface area (Å²) in [6.45, 7) is 9.90. The van der Waals surface area contributed by atoms with Crippen molar-refractivity contribution in [3.05, 3.63) is 47.8 Å². The van der Waals surface area contributed by atoms with Gasteiger partial charge < -0.3 is 5.32 Å². The van der Waals surface area contributed by atoms with E-state index in [1.807, 2.05) is 19.1 Å². The topological polar surface area (TPSA) is 15.3 Å². The van der Waals surface area contributed by atoms with Crippen LogP contribution < -0.4 is 5.32 Å². The molecule has 1 aliphatic rings. The second-order valence-corrected chi connectivity index (χ2v) is 4.47. The summed E-state index contributed by atoms with van der Waals surface area (Å²) in [5.74, 6) is -0.172. The summed E-state index contributed by atoms with van der Waals surface area (Å²) in [5.41, 5.74) is 2.15. The number of rotatable bonds is 3. The number of halogens is 1. The Morgan fingerprint density at radius 3 is 2.71 bits per heavy atom. The normalized spacial score (nSPS) is 18.9. The van der Waals surface area contributed by atoms with Gasteiger partial charge in [-0.3, -0.25) is 4.90 Å². The predicted octanol–water partition coefficient (Wildman–Crippen LogP) is 2.27. The summed E-state index contributed by atoms with van der Waals surface area (Å²) in [6, 6.07) is 5.19. The zero-order valence-electron chi connectivity index (χ0n) is 10.2. The molecule has 0 spiro atoms. The van der Waals surface area contributed by atoms with Crippen LogP contribution in [0.1, 0.15) is 17.2 Å². The third kappa shape index (κ3) is 2.73. The van der Waals surface area contributed by atoms with Crippen molar-refractivity contribution in [1.29, 1.82) is 0 Å². The Morgan fingerprint density at radius 2 is 2.12 bits per heavy atom. The van der Waals surface area contributed by atoms with Crippen molar-refractivity contribution < 1.29 is 4.39 Å². The smallest absolute Gasteiger partial charge is 0.123 e. The van der Waals surface area contributed by atoms with Gasteiger partial charge in [-0.1, -0.05) is 12.1 Å².